The van der Waals surface area contributed by atoms with Gasteiger partial charge in [-0.3, -0.25) is 9.78 Å². The second kappa shape index (κ2) is 6.52. The highest BCUT2D eigenvalue weighted by molar-refractivity contribution is 6.02. The maximum Gasteiger partial charge on any atom is 0.243 e. The van der Waals surface area contributed by atoms with E-state index in [0.717, 1.165) is 21.8 Å². The summed E-state index contributed by atoms with van der Waals surface area (Å²) in [4.78, 5) is 25.1. The van der Waals surface area contributed by atoms with Gasteiger partial charge in [-0.15, -0.1) is 0 Å². The molecule has 0 aliphatic heterocycles. The quantitative estimate of drug-likeness (QED) is 0.601. The van der Waals surface area contributed by atoms with E-state index in [2.05, 4.69) is 25.6 Å². The molecule has 0 aliphatic rings. The Bertz CT molecular complexity index is 1050. The first-order chi connectivity index (χ1) is 12.3. The molecular formula is C19H15N5O. The van der Waals surface area contributed by atoms with Gasteiger partial charge in [0.1, 0.15) is 12.1 Å². The fraction of sp³-hybridized carbons (Fsp3) is 0.0526. The van der Waals surface area contributed by atoms with Crippen LogP contribution in [0.15, 0.2) is 67.1 Å². The standard InChI is InChI=1S/C19H15N5O/c25-17(24-16-9-3-5-13-6-4-10-20-18(13)16)11-21-19-14-7-1-2-8-15(14)22-12-23-19/h1-10,12H,11H2,(H,24,25)(H,21,22,23). The number of fused-ring (bicyclic) bond motifs is 2. The summed E-state index contributed by atoms with van der Waals surface area (Å²) >= 11 is 0. The van der Waals surface area contributed by atoms with E-state index in [1.807, 2.05) is 54.6 Å². The number of nitrogens with one attached hydrogen (secondary N) is 2. The topological polar surface area (TPSA) is 79.8 Å². The van der Waals surface area contributed by atoms with Crippen LogP contribution < -0.4 is 10.6 Å². The van der Waals surface area contributed by atoms with Crippen molar-refractivity contribution in [2.45, 2.75) is 0 Å². The Kier molecular flexibility index (Phi) is 3.92. The lowest BCUT2D eigenvalue weighted by Gasteiger charge is -2.10. The van der Waals surface area contributed by atoms with Gasteiger partial charge in [-0.05, 0) is 24.3 Å². The maximum atomic E-state index is 12.3. The summed E-state index contributed by atoms with van der Waals surface area (Å²) in [6.07, 6.45) is 3.19. The third-order valence-corrected chi connectivity index (χ3v) is 3.87. The summed E-state index contributed by atoms with van der Waals surface area (Å²) in [6.45, 7) is 0.101. The average Bonchev–Trinajstić information content (AvgIpc) is 2.66. The highest BCUT2D eigenvalue weighted by atomic mass is 16.1. The number of carbonyl (C=O) groups is 1. The molecule has 2 aromatic carbocycles. The fourth-order valence-corrected chi connectivity index (χ4v) is 2.71. The van der Waals surface area contributed by atoms with E-state index in [1.54, 1.807) is 6.20 Å². The Labute approximate surface area is 144 Å². The van der Waals surface area contributed by atoms with Gasteiger partial charge in [0.25, 0.3) is 0 Å². The van der Waals surface area contributed by atoms with Crippen molar-refractivity contribution in [1.29, 1.82) is 0 Å². The van der Waals surface area contributed by atoms with Gasteiger partial charge in [0.05, 0.1) is 23.3 Å². The van der Waals surface area contributed by atoms with Crippen molar-refractivity contribution in [2.24, 2.45) is 0 Å². The van der Waals surface area contributed by atoms with Crippen LogP contribution in [-0.2, 0) is 4.79 Å². The molecule has 122 valence electrons. The van der Waals surface area contributed by atoms with Crippen LogP contribution in [0.5, 0.6) is 0 Å². The van der Waals surface area contributed by atoms with Gasteiger partial charge in [0, 0.05) is 17.0 Å². The molecule has 0 atom stereocenters. The van der Waals surface area contributed by atoms with Crippen molar-refractivity contribution in [1.82, 2.24) is 15.0 Å². The van der Waals surface area contributed by atoms with Gasteiger partial charge >= 0.3 is 0 Å². The number of aromatic nitrogens is 3. The number of benzene rings is 2. The lowest BCUT2D eigenvalue weighted by molar-refractivity contribution is -0.114. The molecular weight excluding hydrogens is 314 g/mol. The summed E-state index contributed by atoms with van der Waals surface area (Å²) in [5.41, 5.74) is 2.29. The highest BCUT2D eigenvalue weighted by Gasteiger charge is 2.08. The number of pyridine rings is 1. The molecule has 0 spiro atoms. The van der Waals surface area contributed by atoms with Crippen LogP contribution >= 0.6 is 0 Å². The Balaban J connectivity index is 1.50. The molecule has 4 aromatic rings. The summed E-state index contributed by atoms with van der Waals surface area (Å²) in [7, 11) is 0. The van der Waals surface area contributed by atoms with Gasteiger partial charge in [-0.2, -0.15) is 0 Å². The van der Waals surface area contributed by atoms with Crippen molar-refractivity contribution in [3.63, 3.8) is 0 Å². The average molecular weight is 329 g/mol. The van der Waals surface area contributed by atoms with Gasteiger partial charge in [0.2, 0.25) is 5.91 Å². The zero-order valence-corrected chi connectivity index (χ0v) is 13.3. The third-order valence-electron chi connectivity index (χ3n) is 3.87. The number of amides is 1. The van der Waals surface area contributed by atoms with E-state index in [4.69, 9.17) is 0 Å². The first-order valence-electron chi connectivity index (χ1n) is 7.88. The smallest absolute Gasteiger partial charge is 0.243 e. The number of anilines is 2. The SMILES string of the molecule is O=C(CNc1ncnc2ccccc12)Nc1cccc2cccnc12. The lowest BCUT2D eigenvalue weighted by atomic mass is 10.2. The molecule has 2 heterocycles. The molecule has 1 amide bonds. The molecule has 0 fully saturated rings. The largest absolute Gasteiger partial charge is 0.360 e. The van der Waals surface area contributed by atoms with Crippen molar-refractivity contribution >= 4 is 39.2 Å². The minimum Gasteiger partial charge on any atom is -0.360 e. The van der Waals surface area contributed by atoms with Crippen LogP contribution in [0.4, 0.5) is 11.5 Å². The molecule has 6 heteroatoms. The number of rotatable bonds is 4. The molecule has 0 aliphatic carbocycles. The molecule has 2 aromatic heterocycles. The number of carbonyl (C=O) groups excluding carboxylic acids is 1. The molecule has 0 radical (unpaired) electrons. The van der Waals surface area contributed by atoms with E-state index >= 15 is 0 Å². The van der Waals surface area contributed by atoms with Crippen molar-refractivity contribution < 1.29 is 4.79 Å². The fourth-order valence-electron chi connectivity index (χ4n) is 2.71. The van der Waals surface area contributed by atoms with Crippen LogP contribution in [0.1, 0.15) is 0 Å². The normalized spacial score (nSPS) is 10.7. The van der Waals surface area contributed by atoms with Crippen LogP contribution in [-0.4, -0.2) is 27.4 Å². The number of hydrogen-bond donors (Lipinski definition) is 2. The predicted molar refractivity (Wildman–Crippen MR) is 98.4 cm³/mol. The van der Waals surface area contributed by atoms with Crippen LogP contribution in [0.25, 0.3) is 21.8 Å². The molecule has 25 heavy (non-hydrogen) atoms. The number of para-hydroxylation sites is 2. The number of nitrogens with zero attached hydrogens (tertiary/aromatic N) is 3. The van der Waals surface area contributed by atoms with Crippen molar-refractivity contribution in [3.05, 3.63) is 67.1 Å². The second-order valence-electron chi connectivity index (χ2n) is 5.52. The van der Waals surface area contributed by atoms with E-state index < -0.39 is 0 Å². The zero-order valence-electron chi connectivity index (χ0n) is 13.3. The molecule has 0 saturated heterocycles. The summed E-state index contributed by atoms with van der Waals surface area (Å²) in [5, 5.41) is 7.83. The minimum absolute atomic E-state index is 0.101. The first kappa shape index (κ1) is 15.0. The molecule has 2 N–H and O–H groups in total. The molecule has 4 rings (SSSR count). The molecule has 0 bridgehead atoms. The van der Waals surface area contributed by atoms with Crippen molar-refractivity contribution in [2.75, 3.05) is 17.2 Å². The molecule has 0 unspecified atom stereocenters. The highest BCUT2D eigenvalue weighted by Crippen LogP contribution is 2.21. The lowest BCUT2D eigenvalue weighted by Crippen LogP contribution is -2.22. The molecule has 6 nitrogen and oxygen atoms in total. The van der Waals surface area contributed by atoms with Crippen LogP contribution in [0.2, 0.25) is 0 Å². The predicted octanol–water partition coefficient (Wildman–Crippen LogP) is 3.23. The van der Waals surface area contributed by atoms with Gasteiger partial charge in [-0.1, -0.05) is 30.3 Å². The zero-order chi connectivity index (χ0) is 17.1. The van der Waals surface area contributed by atoms with E-state index in [9.17, 15) is 4.79 Å². The monoisotopic (exact) mass is 329 g/mol. The van der Waals surface area contributed by atoms with Gasteiger partial charge in [0.15, 0.2) is 0 Å². The third kappa shape index (κ3) is 3.10. The molecule has 0 saturated carbocycles. The summed E-state index contributed by atoms with van der Waals surface area (Å²) in [5.74, 6) is 0.470. The van der Waals surface area contributed by atoms with Crippen LogP contribution in [0, 0.1) is 0 Å². The Morgan fingerprint density at radius 1 is 0.920 bits per heavy atom. The summed E-state index contributed by atoms with van der Waals surface area (Å²) < 4.78 is 0. The number of hydrogen-bond acceptors (Lipinski definition) is 5. The first-order valence-corrected chi connectivity index (χ1v) is 7.88. The Morgan fingerprint density at radius 3 is 2.76 bits per heavy atom. The van der Waals surface area contributed by atoms with Gasteiger partial charge < -0.3 is 10.6 Å². The van der Waals surface area contributed by atoms with E-state index in [1.165, 1.54) is 6.33 Å². The van der Waals surface area contributed by atoms with E-state index in [0.29, 0.717) is 11.5 Å². The van der Waals surface area contributed by atoms with Crippen molar-refractivity contribution in [3.8, 4) is 0 Å². The Morgan fingerprint density at radius 2 is 1.80 bits per heavy atom. The summed E-state index contributed by atoms with van der Waals surface area (Å²) in [6, 6.07) is 17.2. The minimum atomic E-state index is -0.166. The second-order valence-corrected chi connectivity index (χ2v) is 5.52. The maximum absolute atomic E-state index is 12.3. The van der Waals surface area contributed by atoms with E-state index in [-0.39, 0.29) is 12.5 Å². The van der Waals surface area contributed by atoms with Crippen LogP contribution in [0.3, 0.4) is 0 Å². The Hall–Kier alpha value is -3.54. The van der Waals surface area contributed by atoms with Gasteiger partial charge in [-0.25, -0.2) is 9.97 Å².